The minimum atomic E-state index is -1.02. The van der Waals surface area contributed by atoms with Gasteiger partial charge in [0.1, 0.15) is 30.0 Å². The molecule has 1 aromatic heterocycles. The van der Waals surface area contributed by atoms with Crippen LogP contribution in [0, 0.1) is 12.7 Å². The molecule has 0 saturated carbocycles. The van der Waals surface area contributed by atoms with Crippen LogP contribution in [0.5, 0.6) is 11.5 Å². The van der Waals surface area contributed by atoms with Gasteiger partial charge in [-0.3, -0.25) is 14.2 Å². The lowest BCUT2D eigenvalue weighted by Crippen LogP contribution is -2.41. The highest BCUT2D eigenvalue weighted by molar-refractivity contribution is 6.32. The summed E-state index contributed by atoms with van der Waals surface area (Å²) in [6.07, 6.45) is -0.562. The predicted molar refractivity (Wildman–Crippen MR) is 139 cm³/mol. The predicted octanol–water partition coefficient (Wildman–Crippen LogP) is 5.33. The van der Waals surface area contributed by atoms with Gasteiger partial charge in [0.2, 0.25) is 0 Å². The molecule has 0 unspecified atom stereocenters. The quantitative estimate of drug-likeness (QED) is 0.368. The first kappa shape index (κ1) is 24.6. The van der Waals surface area contributed by atoms with Crippen molar-refractivity contribution in [3.05, 3.63) is 88.3 Å². The maximum absolute atomic E-state index is 15.2. The minimum absolute atomic E-state index is 0.0780. The van der Waals surface area contributed by atoms with Crippen molar-refractivity contribution < 1.29 is 28.6 Å². The molecule has 0 fully saturated rings. The Hall–Kier alpha value is -4.04. The van der Waals surface area contributed by atoms with Crippen molar-refractivity contribution >= 4 is 40.1 Å². The van der Waals surface area contributed by atoms with E-state index in [1.165, 1.54) is 10.6 Å². The van der Waals surface area contributed by atoms with Crippen LogP contribution in [0.2, 0.25) is 5.02 Å². The standard InChI is InChI=1S/C28H24ClFN2O5/c1-16-19(12-27(33)34)18-7-3-4-8-23(18)32(16)28(35)20-11-21(29)26(13-22(20)30)36-15-17-14-31(2)24-9-5-6-10-25(24)37-17/h3-11,13,17H,12,14-15H2,1-2H3,(H,33,34)/t17-/m0/s1. The van der Waals surface area contributed by atoms with Crippen LogP contribution in [-0.4, -0.2) is 47.9 Å². The van der Waals surface area contributed by atoms with Crippen molar-refractivity contribution in [2.45, 2.75) is 19.4 Å². The third kappa shape index (κ3) is 4.60. The molecular formula is C28H24ClFN2O5. The molecule has 1 aliphatic heterocycles. The summed E-state index contributed by atoms with van der Waals surface area (Å²) in [4.78, 5) is 26.9. The van der Waals surface area contributed by atoms with Gasteiger partial charge in [-0.15, -0.1) is 0 Å². The second kappa shape index (κ2) is 9.78. The molecule has 4 aromatic rings. The number of aliphatic carboxylic acids is 1. The molecule has 1 aliphatic rings. The van der Waals surface area contributed by atoms with E-state index in [2.05, 4.69) is 4.90 Å². The van der Waals surface area contributed by atoms with E-state index in [0.717, 1.165) is 17.5 Å². The minimum Gasteiger partial charge on any atom is -0.488 e. The monoisotopic (exact) mass is 522 g/mol. The summed E-state index contributed by atoms with van der Waals surface area (Å²) in [5, 5.41) is 10.0. The number of likely N-dealkylation sites (N-methyl/N-ethyl adjacent to an activating group) is 1. The summed E-state index contributed by atoms with van der Waals surface area (Å²) in [7, 11) is 1.95. The molecule has 0 spiro atoms. The van der Waals surface area contributed by atoms with E-state index in [4.69, 9.17) is 21.1 Å². The van der Waals surface area contributed by atoms with Gasteiger partial charge in [-0.1, -0.05) is 41.9 Å². The lowest BCUT2D eigenvalue weighted by Gasteiger charge is -2.33. The summed E-state index contributed by atoms with van der Waals surface area (Å²) in [6.45, 7) is 2.35. The fraction of sp³-hybridized carbons (Fsp3) is 0.214. The summed E-state index contributed by atoms with van der Waals surface area (Å²) >= 11 is 6.41. The number of carbonyl (C=O) groups excluding carboxylic acids is 1. The van der Waals surface area contributed by atoms with Gasteiger partial charge in [0.15, 0.2) is 0 Å². The fourth-order valence-corrected chi connectivity index (χ4v) is 4.97. The van der Waals surface area contributed by atoms with E-state index in [-0.39, 0.29) is 35.5 Å². The molecule has 0 radical (unpaired) electrons. The first-order valence-corrected chi connectivity index (χ1v) is 12.1. The molecule has 0 bridgehead atoms. The van der Waals surface area contributed by atoms with Gasteiger partial charge in [0, 0.05) is 24.2 Å². The van der Waals surface area contributed by atoms with Crippen molar-refractivity contribution in [3.8, 4) is 11.5 Å². The van der Waals surface area contributed by atoms with Crippen LogP contribution in [0.1, 0.15) is 21.6 Å². The van der Waals surface area contributed by atoms with Crippen LogP contribution in [0.15, 0.2) is 60.7 Å². The molecule has 37 heavy (non-hydrogen) atoms. The number of carboxylic acids is 1. The molecule has 2 heterocycles. The van der Waals surface area contributed by atoms with E-state index in [1.807, 2.05) is 31.3 Å². The van der Waals surface area contributed by atoms with Gasteiger partial charge in [-0.25, -0.2) is 4.39 Å². The van der Waals surface area contributed by atoms with Crippen LogP contribution >= 0.6 is 11.6 Å². The first-order valence-electron chi connectivity index (χ1n) is 11.7. The summed E-state index contributed by atoms with van der Waals surface area (Å²) in [6, 6.07) is 16.9. The third-order valence-corrected chi connectivity index (χ3v) is 6.79. The Morgan fingerprint density at radius 2 is 1.89 bits per heavy atom. The molecule has 9 heteroatoms. The molecule has 0 aliphatic carbocycles. The molecule has 7 nitrogen and oxygen atoms in total. The maximum Gasteiger partial charge on any atom is 0.307 e. The number of fused-ring (bicyclic) bond motifs is 2. The van der Waals surface area contributed by atoms with Crippen LogP contribution in [0.3, 0.4) is 0 Å². The number of carboxylic acid groups (broad SMARTS) is 1. The van der Waals surface area contributed by atoms with E-state index in [1.54, 1.807) is 31.2 Å². The number of nitrogens with zero attached hydrogens (tertiary/aromatic N) is 2. The average molecular weight is 523 g/mol. The number of aromatic nitrogens is 1. The molecule has 0 amide bonds. The fourth-order valence-electron chi connectivity index (χ4n) is 4.76. The zero-order chi connectivity index (χ0) is 26.3. The molecular weight excluding hydrogens is 499 g/mol. The SMILES string of the molecule is Cc1c(CC(=O)O)c2ccccc2n1C(=O)c1cc(Cl)c(OC[C@@H]2CN(C)c3ccccc3O2)cc1F. The zero-order valence-electron chi connectivity index (χ0n) is 20.2. The maximum atomic E-state index is 15.2. The van der Waals surface area contributed by atoms with Crippen LogP contribution in [-0.2, 0) is 11.2 Å². The van der Waals surface area contributed by atoms with Gasteiger partial charge in [-0.05, 0) is 36.8 Å². The molecule has 1 N–H and O–H groups in total. The van der Waals surface area contributed by atoms with Crippen molar-refractivity contribution in [1.29, 1.82) is 0 Å². The number of carbonyl (C=O) groups is 2. The van der Waals surface area contributed by atoms with Gasteiger partial charge in [0.05, 0.1) is 34.8 Å². The van der Waals surface area contributed by atoms with E-state index >= 15 is 4.39 Å². The summed E-state index contributed by atoms with van der Waals surface area (Å²) in [5.41, 5.74) is 2.16. The number of hydrogen-bond acceptors (Lipinski definition) is 5. The normalized spacial score (nSPS) is 14.8. The van der Waals surface area contributed by atoms with Crippen LogP contribution in [0.4, 0.5) is 10.1 Å². The van der Waals surface area contributed by atoms with Gasteiger partial charge < -0.3 is 19.5 Å². The first-order chi connectivity index (χ1) is 17.7. The molecule has 190 valence electrons. The number of anilines is 1. The Balaban J connectivity index is 1.40. The van der Waals surface area contributed by atoms with Crippen LogP contribution < -0.4 is 14.4 Å². The lowest BCUT2D eigenvalue weighted by atomic mass is 10.1. The van der Waals surface area contributed by atoms with Crippen molar-refractivity contribution in [3.63, 3.8) is 0 Å². The smallest absolute Gasteiger partial charge is 0.307 e. The van der Waals surface area contributed by atoms with Gasteiger partial charge >= 0.3 is 5.97 Å². The second-order valence-corrected chi connectivity index (χ2v) is 9.36. The Kier molecular flexibility index (Phi) is 6.52. The van der Waals surface area contributed by atoms with Crippen molar-refractivity contribution in [2.24, 2.45) is 0 Å². The van der Waals surface area contributed by atoms with Crippen LogP contribution in [0.25, 0.3) is 10.9 Å². The van der Waals surface area contributed by atoms with E-state index in [9.17, 15) is 14.7 Å². The number of rotatable bonds is 6. The number of hydrogen-bond donors (Lipinski definition) is 1. The molecule has 1 atom stereocenters. The van der Waals surface area contributed by atoms with Gasteiger partial charge in [0.25, 0.3) is 5.91 Å². The number of ether oxygens (including phenoxy) is 2. The topological polar surface area (TPSA) is 81.0 Å². The Morgan fingerprint density at radius 1 is 1.16 bits per heavy atom. The summed E-state index contributed by atoms with van der Waals surface area (Å²) < 4.78 is 28.3. The van der Waals surface area contributed by atoms with E-state index < -0.39 is 17.7 Å². The average Bonchev–Trinajstić information content (AvgIpc) is 3.14. The van der Waals surface area contributed by atoms with Crippen molar-refractivity contribution in [1.82, 2.24) is 4.57 Å². The third-order valence-electron chi connectivity index (χ3n) is 6.50. The number of para-hydroxylation sites is 3. The highest BCUT2D eigenvalue weighted by Crippen LogP contribution is 2.34. The van der Waals surface area contributed by atoms with Gasteiger partial charge in [-0.2, -0.15) is 0 Å². The Bertz CT molecular complexity index is 1530. The number of benzene rings is 3. The highest BCUT2D eigenvalue weighted by Gasteiger charge is 2.26. The van der Waals surface area contributed by atoms with E-state index in [0.29, 0.717) is 28.7 Å². The summed E-state index contributed by atoms with van der Waals surface area (Å²) in [5.74, 6) is -1.63. The second-order valence-electron chi connectivity index (χ2n) is 8.95. The Morgan fingerprint density at radius 3 is 2.68 bits per heavy atom. The lowest BCUT2D eigenvalue weighted by molar-refractivity contribution is -0.136. The molecule has 0 saturated heterocycles. The van der Waals surface area contributed by atoms with Crippen molar-refractivity contribution in [2.75, 3.05) is 25.1 Å². The Labute approximate surface area is 217 Å². The zero-order valence-corrected chi connectivity index (χ0v) is 21.0. The highest BCUT2D eigenvalue weighted by atomic mass is 35.5. The number of halogens is 2. The largest absolute Gasteiger partial charge is 0.488 e. The molecule has 5 rings (SSSR count). The molecule has 3 aromatic carbocycles.